The largest absolute Gasteiger partial charge is 0.480 e. The van der Waals surface area contributed by atoms with Crippen LogP contribution in [0.15, 0.2) is 0 Å². The number of carboxylic acid groups (broad SMARTS) is 1. The van der Waals surface area contributed by atoms with Gasteiger partial charge >= 0.3 is 12.0 Å². The van der Waals surface area contributed by atoms with Gasteiger partial charge in [0.2, 0.25) is 0 Å². The third-order valence-corrected chi connectivity index (χ3v) is 3.54. The Balaban J connectivity index is 4.46. The number of urea groups is 1. The summed E-state index contributed by atoms with van der Waals surface area (Å²) in [5, 5.41) is 14.5. The van der Waals surface area contributed by atoms with Gasteiger partial charge in [-0.1, -0.05) is 20.3 Å². The molecule has 2 amide bonds. The number of hydrogen-bond donors (Lipinski definition) is 3. The zero-order valence-electron chi connectivity index (χ0n) is 11.6. The van der Waals surface area contributed by atoms with E-state index in [-0.39, 0.29) is 6.04 Å². The van der Waals surface area contributed by atoms with Gasteiger partial charge in [-0.2, -0.15) is 11.8 Å². The van der Waals surface area contributed by atoms with Crippen molar-refractivity contribution in [1.82, 2.24) is 10.6 Å². The minimum absolute atomic E-state index is 0.0691. The predicted molar refractivity (Wildman–Crippen MR) is 75.1 cm³/mol. The first kappa shape index (κ1) is 17.1. The van der Waals surface area contributed by atoms with Gasteiger partial charge in [-0.05, 0) is 26.0 Å². The van der Waals surface area contributed by atoms with Crippen molar-refractivity contribution in [3.05, 3.63) is 0 Å². The van der Waals surface area contributed by atoms with Crippen LogP contribution in [0.3, 0.4) is 0 Å². The molecule has 106 valence electrons. The molecule has 2 unspecified atom stereocenters. The highest BCUT2D eigenvalue weighted by Crippen LogP contribution is 2.12. The fourth-order valence-corrected chi connectivity index (χ4v) is 2.38. The minimum atomic E-state index is -1.20. The molecule has 5 nitrogen and oxygen atoms in total. The van der Waals surface area contributed by atoms with Gasteiger partial charge in [0, 0.05) is 11.8 Å². The molecule has 6 heteroatoms. The van der Waals surface area contributed by atoms with Crippen LogP contribution in [0.1, 0.15) is 40.0 Å². The number of thioether (sulfide) groups is 1. The normalized spacial score (nSPS) is 15.6. The minimum Gasteiger partial charge on any atom is -0.480 e. The van der Waals surface area contributed by atoms with Gasteiger partial charge in [-0.3, -0.25) is 0 Å². The maximum absolute atomic E-state index is 11.8. The van der Waals surface area contributed by atoms with E-state index in [1.807, 2.05) is 20.1 Å². The molecular weight excluding hydrogens is 252 g/mol. The SMILES string of the molecule is CCCC(C)(NC(=O)NC(CC)CSC)C(=O)O. The van der Waals surface area contributed by atoms with Gasteiger partial charge in [0.05, 0.1) is 0 Å². The Bertz CT molecular complexity index is 286. The number of hydrogen-bond acceptors (Lipinski definition) is 3. The van der Waals surface area contributed by atoms with Crippen molar-refractivity contribution in [2.75, 3.05) is 12.0 Å². The van der Waals surface area contributed by atoms with Crippen LogP contribution in [-0.4, -0.2) is 40.7 Å². The zero-order valence-corrected chi connectivity index (χ0v) is 12.4. The lowest BCUT2D eigenvalue weighted by molar-refractivity contribution is -0.144. The van der Waals surface area contributed by atoms with Gasteiger partial charge in [-0.25, -0.2) is 9.59 Å². The molecule has 0 heterocycles. The number of carboxylic acids is 1. The molecule has 0 rings (SSSR count). The summed E-state index contributed by atoms with van der Waals surface area (Å²) in [6.07, 6.45) is 3.91. The maximum atomic E-state index is 11.8. The highest BCUT2D eigenvalue weighted by atomic mass is 32.2. The molecule has 3 N–H and O–H groups in total. The van der Waals surface area contributed by atoms with E-state index in [4.69, 9.17) is 5.11 Å². The first-order chi connectivity index (χ1) is 8.39. The molecule has 0 fully saturated rings. The Morgan fingerprint density at radius 1 is 1.39 bits per heavy atom. The summed E-state index contributed by atoms with van der Waals surface area (Å²) in [7, 11) is 0. The topological polar surface area (TPSA) is 78.4 Å². The van der Waals surface area contributed by atoms with Crippen LogP contribution in [0.25, 0.3) is 0 Å². The molecular formula is C12H24N2O3S. The third kappa shape index (κ3) is 5.62. The van der Waals surface area contributed by atoms with Crippen LogP contribution in [0.4, 0.5) is 4.79 Å². The lowest BCUT2D eigenvalue weighted by Gasteiger charge is -2.27. The van der Waals surface area contributed by atoms with E-state index in [0.717, 1.165) is 12.2 Å². The van der Waals surface area contributed by atoms with Gasteiger partial charge in [0.25, 0.3) is 0 Å². The number of nitrogens with one attached hydrogen (secondary N) is 2. The number of carbonyl (C=O) groups excluding carboxylic acids is 1. The van der Waals surface area contributed by atoms with Gasteiger partial charge in [0.15, 0.2) is 0 Å². The Labute approximate surface area is 113 Å². The Morgan fingerprint density at radius 3 is 2.39 bits per heavy atom. The molecule has 0 spiro atoms. The van der Waals surface area contributed by atoms with Crippen LogP contribution in [0.2, 0.25) is 0 Å². The fraction of sp³-hybridized carbons (Fsp3) is 0.833. The van der Waals surface area contributed by atoms with E-state index >= 15 is 0 Å². The van der Waals surface area contributed by atoms with Crippen molar-refractivity contribution >= 4 is 23.8 Å². The lowest BCUT2D eigenvalue weighted by atomic mass is 9.96. The van der Waals surface area contributed by atoms with Crippen molar-refractivity contribution in [1.29, 1.82) is 0 Å². The quantitative estimate of drug-likeness (QED) is 0.634. The molecule has 0 aliphatic heterocycles. The van der Waals surface area contributed by atoms with Gasteiger partial charge < -0.3 is 15.7 Å². The Hall–Kier alpha value is -0.910. The smallest absolute Gasteiger partial charge is 0.329 e. The first-order valence-corrected chi connectivity index (χ1v) is 7.60. The van der Waals surface area contributed by atoms with Gasteiger partial charge in [0.1, 0.15) is 5.54 Å². The second kappa shape index (κ2) is 8.24. The summed E-state index contributed by atoms with van der Waals surface area (Å²) in [5.41, 5.74) is -1.20. The molecule has 2 atom stereocenters. The van der Waals surface area contributed by atoms with E-state index in [1.165, 1.54) is 6.92 Å². The second-order valence-corrected chi connectivity index (χ2v) is 5.46. The van der Waals surface area contributed by atoms with Gasteiger partial charge in [-0.15, -0.1) is 0 Å². The first-order valence-electron chi connectivity index (χ1n) is 6.20. The van der Waals surface area contributed by atoms with Crippen LogP contribution in [0, 0.1) is 0 Å². The molecule has 0 saturated carbocycles. The lowest BCUT2D eigenvalue weighted by Crippen LogP contribution is -2.56. The van der Waals surface area contributed by atoms with Crippen molar-refractivity contribution in [3.63, 3.8) is 0 Å². The standard InChI is InChI=1S/C12H24N2O3S/c1-5-7-12(3,10(15)16)14-11(17)13-9(6-2)8-18-4/h9H,5-8H2,1-4H3,(H,15,16)(H2,13,14,17). The molecule has 0 aromatic rings. The van der Waals surface area contributed by atoms with Crippen molar-refractivity contribution in [2.45, 2.75) is 51.6 Å². The number of carbonyl (C=O) groups is 2. The zero-order chi connectivity index (χ0) is 14.2. The molecule has 18 heavy (non-hydrogen) atoms. The molecule has 0 aromatic carbocycles. The second-order valence-electron chi connectivity index (χ2n) is 4.55. The fourth-order valence-electron chi connectivity index (χ4n) is 1.66. The highest BCUT2D eigenvalue weighted by Gasteiger charge is 2.34. The average Bonchev–Trinajstić information content (AvgIpc) is 2.28. The van der Waals surface area contributed by atoms with Crippen molar-refractivity contribution in [2.24, 2.45) is 0 Å². The van der Waals surface area contributed by atoms with E-state index in [0.29, 0.717) is 12.8 Å². The molecule has 0 saturated heterocycles. The third-order valence-electron chi connectivity index (χ3n) is 2.81. The molecule has 0 bridgehead atoms. The molecule has 0 aromatic heterocycles. The summed E-state index contributed by atoms with van der Waals surface area (Å²) >= 11 is 1.65. The summed E-state index contributed by atoms with van der Waals surface area (Å²) in [5.74, 6) is -0.181. The summed E-state index contributed by atoms with van der Waals surface area (Å²) in [4.78, 5) is 23.0. The average molecular weight is 276 g/mol. The Morgan fingerprint density at radius 2 is 2.00 bits per heavy atom. The highest BCUT2D eigenvalue weighted by molar-refractivity contribution is 7.98. The van der Waals surface area contributed by atoms with Crippen LogP contribution in [0.5, 0.6) is 0 Å². The monoisotopic (exact) mass is 276 g/mol. The summed E-state index contributed by atoms with van der Waals surface area (Å²) in [6.45, 7) is 5.42. The summed E-state index contributed by atoms with van der Waals surface area (Å²) in [6, 6.07) is -0.339. The van der Waals surface area contributed by atoms with E-state index < -0.39 is 17.5 Å². The number of amides is 2. The maximum Gasteiger partial charge on any atom is 0.329 e. The molecule has 0 radical (unpaired) electrons. The summed E-state index contributed by atoms with van der Waals surface area (Å²) < 4.78 is 0. The van der Waals surface area contributed by atoms with E-state index in [9.17, 15) is 9.59 Å². The molecule has 0 aliphatic carbocycles. The van der Waals surface area contributed by atoms with Crippen LogP contribution < -0.4 is 10.6 Å². The number of aliphatic carboxylic acids is 1. The van der Waals surface area contributed by atoms with E-state index in [1.54, 1.807) is 11.8 Å². The Kier molecular flexibility index (Phi) is 7.82. The van der Waals surface area contributed by atoms with E-state index in [2.05, 4.69) is 10.6 Å². The molecule has 0 aliphatic rings. The van der Waals surface area contributed by atoms with Crippen LogP contribution >= 0.6 is 11.8 Å². The van der Waals surface area contributed by atoms with Crippen molar-refractivity contribution in [3.8, 4) is 0 Å². The predicted octanol–water partition coefficient (Wildman–Crippen LogP) is 2.07. The van der Waals surface area contributed by atoms with Crippen LogP contribution in [-0.2, 0) is 4.79 Å². The number of rotatable bonds is 8. The van der Waals surface area contributed by atoms with Crippen molar-refractivity contribution < 1.29 is 14.7 Å².